The maximum Gasteiger partial charge on any atom is 0.0320 e. The van der Waals surface area contributed by atoms with E-state index in [1.54, 1.807) is 0 Å². The molecule has 114 valence electrons. The Morgan fingerprint density at radius 3 is 1.85 bits per heavy atom. The van der Waals surface area contributed by atoms with Crippen molar-refractivity contribution < 1.29 is 0 Å². The summed E-state index contributed by atoms with van der Waals surface area (Å²) in [6, 6.07) is 9.60. The van der Waals surface area contributed by atoms with Crippen molar-refractivity contribution in [3.63, 3.8) is 0 Å². The molecule has 0 saturated carbocycles. The second-order valence-corrected chi connectivity index (χ2v) is 7.77. The van der Waals surface area contributed by atoms with Gasteiger partial charge in [0.25, 0.3) is 0 Å². The lowest BCUT2D eigenvalue weighted by Gasteiger charge is -2.27. The minimum absolute atomic E-state index is 0.416. The largest absolute Gasteiger partial charge is 0.313 e. The fourth-order valence-corrected chi connectivity index (χ4v) is 3.06. The Balaban J connectivity index is 2.70. The molecule has 1 N–H and O–H groups in total. The van der Waals surface area contributed by atoms with Crippen molar-refractivity contribution in [1.82, 2.24) is 5.32 Å². The zero-order chi connectivity index (χ0) is 15.3. The van der Waals surface area contributed by atoms with E-state index in [-0.39, 0.29) is 0 Å². The molecule has 0 aliphatic heterocycles. The topological polar surface area (TPSA) is 12.0 Å². The molecule has 0 aliphatic rings. The molecule has 0 bridgehead atoms. The van der Waals surface area contributed by atoms with Crippen LogP contribution in [0.4, 0.5) is 0 Å². The van der Waals surface area contributed by atoms with Crippen molar-refractivity contribution in [2.24, 2.45) is 11.3 Å². The van der Waals surface area contributed by atoms with Gasteiger partial charge in [-0.1, -0.05) is 65.8 Å². The molecule has 1 nitrogen and oxygen atoms in total. The molecule has 0 heterocycles. The highest BCUT2D eigenvalue weighted by Gasteiger charge is 2.19. The molecule has 1 aromatic rings. The highest BCUT2D eigenvalue weighted by Crippen LogP contribution is 2.30. The fourth-order valence-electron chi connectivity index (χ4n) is 3.06. The van der Waals surface area contributed by atoms with Crippen molar-refractivity contribution in [2.45, 2.75) is 66.3 Å². The van der Waals surface area contributed by atoms with Crippen LogP contribution in [-0.4, -0.2) is 7.05 Å². The minimum atomic E-state index is 0.416. The molecule has 0 fully saturated rings. The van der Waals surface area contributed by atoms with Crippen LogP contribution in [0.15, 0.2) is 24.3 Å². The average Bonchev–Trinajstić information content (AvgIpc) is 2.34. The lowest BCUT2D eigenvalue weighted by atomic mass is 9.82. The van der Waals surface area contributed by atoms with Crippen LogP contribution in [-0.2, 0) is 0 Å². The molecule has 2 atom stereocenters. The van der Waals surface area contributed by atoms with E-state index < -0.39 is 0 Å². The number of hydrogen-bond donors (Lipinski definition) is 1. The Bertz CT molecular complexity index is 383. The summed E-state index contributed by atoms with van der Waals surface area (Å²) in [6.07, 6.45) is 2.48. The molecule has 0 spiro atoms. The highest BCUT2D eigenvalue weighted by atomic mass is 14.9. The van der Waals surface area contributed by atoms with E-state index >= 15 is 0 Å². The third-order valence-electron chi connectivity index (χ3n) is 3.95. The average molecular weight is 275 g/mol. The monoisotopic (exact) mass is 275 g/mol. The first-order valence-electron chi connectivity index (χ1n) is 8.00. The summed E-state index contributed by atoms with van der Waals surface area (Å²) < 4.78 is 0. The van der Waals surface area contributed by atoms with E-state index in [0.717, 1.165) is 5.92 Å². The van der Waals surface area contributed by atoms with Gasteiger partial charge in [-0.05, 0) is 48.3 Å². The van der Waals surface area contributed by atoms with E-state index in [1.165, 1.54) is 24.0 Å². The molecule has 2 unspecified atom stereocenters. The summed E-state index contributed by atoms with van der Waals surface area (Å²) in [6.45, 7) is 13.9. The number of benzene rings is 1. The van der Waals surface area contributed by atoms with E-state index in [4.69, 9.17) is 0 Å². The molecule has 0 aliphatic carbocycles. The predicted molar refractivity (Wildman–Crippen MR) is 90.2 cm³/mol. The second kappa shape index (κ2) is 7.26. The third-order valence-corrected chi connectivity index (χ3v) is 3.95. The Morgan fingerprint density at radius 2 is 1.45 bits per heavy atom. The lowest BCUT2D eigenvalue weighted by molar-refractivity contribution is 0.279. The van der Waals surface area contributed by atoms with Crippen LogP contribution in [0.2, 0.25) is 0 Å². The van der Waals surface area contributed by atoms with E-state index in [9.17, 15) is 0 Å². The molecule has 20 heavy (non-hydrogen) atoms. The van der Waals surface area contributed by atoms with Crippen molar-refractivity contribution >= 4 is 0 Å². The second-order valence-electron chi connectivity index (χ2n) is 7.77. The maximum absolute atomic E-state index is 3.48. The van der Waals surface area contributed by atoms with Gasteiger partial charge in [-0.25, -0.2) is 0 Å². The van der Waals surface area contributed by atoms with Gasteiger partial charge in [-0.3, -0.25) is 0 Å². The Morgan fingerprint density at radius 1 is 0.950 bits per heavy atom. The number of rotatable bonds is 6. The van der Waals surface area contributed by atoms with Crippen molar-refractivity contribution in [1.29, 1.82) is 0 Å². The van der Waals surface area contributed by atoms with Crippen LogP contribution in [0, 0.1) is 11.3 Å². The summed E-state index contributed by atoms with van der Waals surface area (Å²) in [5.41, 5.74) is 3.25. The molecule has 1 rings (SSSR count). The predicted octanol–water partition coefficient (Wildman–Crippen LogP) is 5.53. The fraction of sp³-hybridized carbons (Fsp3) is 0.684. The van der Waals surface area contributed by atoms with Gasteiger partial charge < -0.3 is 5.32 Å². The zero-order valence-corrected chi connectivity index (χ0v) is 14.5. The Hall–Kier alpha value is -0.820. The summed E-state index contributed by atoms with van der Waals surface area (Å²) in [4.78, 5) is 0. The molecule has 0 radical (unpaired) electrons. The van der Waals surface area contributed by atoms with Crippen LogP contribution in [0.3, 0.4) is 0 Å². The van der Waals surface area contributed by atoms with E-state index in [1.807, 2.05) is 0 Å². The van der Waals surface area contributed by atoms with Crippen molar-refractivity contribution in [2.75, 3.05) is 7.05 Å². The van der Waals surface area contributed by atoms with Gasteiger partial charge in [0, 0.05) is 6.04 Å². The van der Waals surface area contributed by atoms with Gasteiger partial charge >= 0.3 is 0 Å². The standard InChI is InChI=1S/C19H33N/c1-14(2)16-8-10-17(11-9-16)18(20-7)12-15(3)13-19(4,5)6/h8-11,14-15,18,20H,12-13H2,1-7H3. The van der Waals surface area contributed by atoms with Crippen LogP contribution in [0.1, 0.15) is 77.5 Å². The molecule has 0 amide bonds. The van der Waals surface area contributed by atoms with Gasteiger partial charge in [-0.15, -0.1) is 0 Å². The summed E-state index contributed by atoms with van der Waals surface area (Å²) in [5, 5.41) is 3.48. The van der Waals surface area contributed by atoms with Crippen LogP contribution >= 0.6 is 0 Å². The number of nitrogens with one attached hydrogen (secondary N) is 1. The minimum Gasteiger partial charge on any atom is -0.313 e. The Labute approximate surface area is 126 Å². The third kappa shape index (κ3) is 5.66. The summed E-state index contributed by atoms with van der Waals surface area (Å²) >= 11 is 0. The molecule has 1 heteroatoms. The molecule has 0 saturated heterocycles. The van der Waals surface area contributed by atoms with Gasteiger partial charge in [0.15, 0.2) is 0 Å². The maximum atomic E-state index is 3.48. The van der Waals surface area contributed by atoms with Crippen molar-refractivity contribution in [3.05, 3.63) is 35.4 Å². The van der Waals surface area contributed by atoms with E-state index in [2.05, 4.69) is 78.2 Å². The smallest absolute Gasteiger partial charge is 0.0320 e. The lowest BCUT2D eigenvalue weighted by Crippen LogP contribution is -2.21. The quantitative estimate of drug-likeness (QED) is 0.719. The van der Waals surface area contributed by atoms with Gasteiger partial charge in [0.2, 0.25) is 0 Å². The van der Waals surface area contributed by atoms with Crippen LogP contribution < -0.4 is 5.32 Å². The number of hydrogen-bond acceptors (Lipinski definition) is 1. The Kier molecular flexibility index (Phi) is 6.26. The molecule has 1 aromatic carbocycles. The van der Waals surface area contributed by atoms with Crippen LogP contribution in [0.5, 0.6) is 0 Å². The SMILES string of the molecule is CNC(CC(C)CC(C)(C)C)c1ccc(C(C)C)cc1. The van der Waals surface area contributed by atoms with Gasteiger partial charge in [0.1, 0.15) is 0 Å². The van der Waals surface area contributed by atoms with E-state index in [0.29, 0.717) is 17.4 Å². The van der Waals surface area contributed by atoms with Crippen molar-refractivity contribution in [3.8, 4) is 0 Å². The molecular weight excluding hydrogens is 242 g/mol. The first-order valence-corrected chi connectivity index (χ1v) is 8.00. The summed E-state index contributed by atoms with van der Waals surface area (Å²) in [7, 11) is 2.07. The summed E-state index contributed by atoms with van der Waals surface area (Å²) in [5.74, 6) is 1.34. The first kappa shape index (κ1) is 17.2. The zero-order valence-electron chi connectivity index (χ0n) is 14.5. The van der Waals surface area contributed by atoms with Crippen LogP contribution in [0.25, 0.3) is 0 Å². The van der Waals surface area contributed by atoms with Gasteiger partial charge in [0.05, 0.1) is 0 Å². The molecular formula is C19H33N. The normalized spacial score (nSPS) is 15.4. The highest BCUT2D eigenvalue weighted by molar-refractivity contribution is 5.26. The molecule has 0 aromatic heterocycles. The van der Waals surface area contributed by atoms with Gasteiger partial charge in [-0.2, -0.15) is 0 Å². The first-order chi connectivity index (χ1) is 9.23.